The number of hydrogen-bond acceptors (Lipinski definition) is 12. The van der Waals surface area contributed by atoms with Gasteiger partial charge in [0.05, 0.1) is 32.3 Å². The minimum absolute atomic E-state index is 0.0507. The number of nitrogens with two attached hydrogens (primary N) is 2. The predicted molar refractivity (Wildman–Crippen MR) is 130 cm³/mol. The number of alkyl halides is 3. The summed E-state index contributed by atoms with van der Waals surface area (Å²) in [6, 6.07) is -1.24. The predicted octanol–water partition coefficient (Wildman–Crippen LogP) is -2.07. The largest absolute Gasteiger partial charge is 0.543 e. The number of carboxylic acids is 1. The highest BCUT2D eigenvalue weighted by Gasteiger charge is 2.53. The molecule has 14 nitrogen and oxygen atoms in total. The van der Waals surface area contributed by atoms with E-state index in [0.717, 1.165) is 16.7 Å². The number of halogens is 3. The number of β-lactam (4-membered cyclic amide) rings is 1. The molecule has 1 aromatic rings. The van der Waals surface area contributed by atoms with Gasteiger partial charge in [0.15, 0.2) is 11.7 Å². The number of hydrogen-bond donors (Lipinski definition) is 3. The standard InChI is InChI=1S/C20H23F3N8O6S2/c1-31(2,6-10(24)32)5-3-4-9-7-38-17-12(16(34)30(17)13(9)18(35)36)26-15(33)11(14-27-19(25)39-29-14)28-37-8-20(21,22)23/h3-4,12,17H,5-8H2,1-2H3,(H5-,24,25,26,27,29,32,33,35,36)/b4-3+,28-11-/t12-,17+/m1/s1. The first-order valence-corrected chi connectivity index (χ1v) is 12.7. The summed E-state index contributed by atoms with van der Waals surface area (Å²) in [5, 5.41) is 16.5. The average molecular weight is 593 g/mol. The Bertz CT molecular complexity index is 1260. The molecule has 0 aliphatic carbocycles. The number of anilines is 1. The maximum Gasteiger partial charge on any atom is 0.425 e. The van der Waals surface area contributed by atoms with Crippen LogP contribution in [0, 0.1) is 0 Å². The van der Waals surface area contributed by atoms with Crippen LogP contribution in [0.4, 0.5) is 18.3 Å². The zero-order valence-corrected chi connectivity index (χ0v) is 22.1. The second-order valence-electron chi connectivity index (χ2n) is 8.95. The fraction of sp³-hybridized carbons (Fsp3) is 0.450. The minimum Gasteiger partial charge on any atom is -0.543 e. The molecule has 3 rings (SSSR count). The lowest BCUT2D eigenvalue weighted by atomic mass is 10.0. The van der Waals surface area contributed by atoms with Gasteiger partial charge in [-0.2, -0.15) is 22.5 Å². The molecule has 0 spiro atoms. The van der Waals surface area contributed by atoms with Crippen molar-refractivity contribution in [3.05, 3.63) is 29.2 Å². The van der Waals surface area contributed by atoms with Crippen LogP contribution < -0.4 is 21.9 Å². The molecule has 0 unspecified atom stereocenters. The van der Waals surface area contributed by atoms with Gasteiger partial charge in [0.25, 0.3) is 17.7 Å². The van der Waals surface area contributed by atoms with Crippen LogP contribution in [0.2, 0.25) is 0 Å². The number of rotatable bonds is 11. The van der Waals surface area contributed by atoms with E-state index in [9.17, 15) is 37.5 Å². The van der Waals surface area contributed by atoms with E-state index < -0.39 is 59.4 Å². The number of carbonyl (C=O) groups excluding carboxylic acids is 4. The molecule has 0 radical (unpaired) electrons. The summed E-state index contributed by atoms with van der Waals surface area (Å²) in [6.45, 7) is -1.41. The number of aliphatic carboxylic acids is 1. The molecule has 0 bridgehead atoms. The number of fused-ring (bicyclic) bond motifs is 1. The lowest BCUT2D eigenvalue weighted by molar-refractivity contribution is -0.876. The van der Waals surface area contributed by atoms with Crippen LogP contribution >= 0.6 is 23.3 Å². The monoisotopic (exact) mass is 592 g/mol. The van der Waals surface area contributed by atoms with Gasteiger partial charge < -0.3 is 36.0 Å². The van der Waals surface area contributed by atoms with E-state index in [1.54, 1.807) is 20.2 Å². The molecule has 39 heavy (non-hydrogen) atoms. The normalized spacial score (nSPS) is 20.1. The number of nitrogens with zero attached hydrogens (tertiary/aromatic N) is 5. The number of nitrogen functional groups attached to an aromatic ring is 1. The number of primary amides is 1. The fourth-order valence-corrected chi connectivity index (χ4v) is 5.37. The van der Waals surface area contributed by atoms with Gasteiger partial charge in [-0.05, 0) is 11.6 Å². The van der Waals surface area contributed by atoms with Gasteiger partial charge in [-0.1, -0.05) is 11.2 Å². The maximum atomic E-state index is 12.9. The van der Waals surface area contributed by atoms with Crippen molar-refractivity contribution in [3.63, 3.8) is 0 Å². The molecule has 1 saturated heterocycles. The summed E-state index contributed by atoms with van der Waals surface area (Å²) in [7, 11) is 3.50. The number of carbonyl (C=O) groups is 4. The van der Waals surface area contributed by atoms with Crippen molar-refractivity contribution < 1.29 is 46.8 Å². The molecule has 212 valence electrons. The third-order valence-corrected chi connectivity index (χ3v) is 7.08. The molecule has 19 heteroatoms. The Morgan fingerprint density at radius 3 is 2.62 bits per heavy atom. The summed E-state index contributed by atoms with van der Waals surface area (Å²) in [6.07, 6.45) is -1.59. The number of likely N-dealkylation sites (N-methyl/N-ethyl adjacent to an activating group) is 1. The van der Waals surface area contributed by atoms with Gasteiger partial charge in [-0.15, -0.1) is 11.8 Å². The average Bonchev–Trinajstić information content (AvgIpc) is 3.23. The Kier molecular flexibility index (Phi) is 8.86. The highest BCUT2D eigenvalue weighted by molar-refractivity contribution is 8.00. The Hall–Kier alpha value is -3.71. The zero-order valence-electron chi connectivity index (χ0n) is 20.4. The van der Waals surface area contributed by atoms with Gasteiger partial charge in [0.1, 0.15) is 11.4 Å². The van der Waals surface area contributed by atoms with E-state index in [1.807, 2.05) is 0 Å². The van der Waals surface area contributed by atoms with Gasteiger partial charge in [0, 0.05) is 17.3 Å². The van der Waals surface area contributed by atoms with Gasteiger partial charge in [-0.3, -0.25) is 19.3 Å². The molecular weight excluding hydrogens is 569 g/mol. The highest BCUT2D eigenvalue weighted by atomic mass is 32.2. The second kappa shape index (κ2) is 11.6. The molecule has 2 aliphatic rings. The van der Waals surface area contributed by atoms with Crippen molar-refractivity contribution >= 4 is 57.8 Å². The van der Waals surface area contributed by atoms with Crippen LogP contribution in [0.25, 0.3) is 0 Å². The Balaban J connectivity index is 1.76. The van der Waals surface area contributed by atoms with E-state index in [-0.39, 0.29) is 33.2 Å². The molecule has 0 aromatic carbocycles. The lowest BCUT2D eigenvalue weighted by Crippen LogP contribution is -2.71. The number of thioether (sulfide) groups is 1. The molecule has 1 fully saturated rings. The molecular formula is C20H23F3N8O6S2. The number of aromatic nitrogens is 2. The van der Waals surface area contributed by atoms with E-state index in [2.05, 4.69) is 24.7 Å². The first kappa shape index (κ1) is 29.8. The molecule has 0 saturated carbocycles. The third-order valence-electron chi connectivity index (χ3n) is 5.23. The highest BCUT2D eigenvalue weighted by Crippen LogP contribution is 2.40. The number of allylic oxidation sites excluding steroid dienone is 1. The number of nitrogens with one attached hydrogen (secondary N) is 1. The number of carboxylic acid groups (broad SMARTS) is 1. The Labute approximate surface area is 227 Å². The summed E-state index contributed by atoms with van der Waals surface area (Å²) >= 11 is 1.79. The van der Waals surface area contributed by atoms with Crippen molar-refractivity contribution in [1.29, 1.82) is 0 Å². The molecule has 2 aliphatic heterocycles. The minimum atomic E-state index is -4.74. The van der Waals surface area contributed by atoms with Crippen molar-refractivity contribution in [2.45, 2.75) is 17.6 Å². The number of quaternary nitrogens is 1. The van der Waals surface area contributed by atoms with Crippen molar-refractivity contribution in [2.24, 2.45) is 10.9 Å². The van der Waals surface area contributed by atoms with Crippen LogP contribution in [0.1, 0.15) is 5.82 Å². The molecule has 5 N–H and O–H groups in total. The summed E-state index contributed by atoms with van der Waals surface area (Å²) in [4.78, 5) is 57.7. The quantitative estimate of drug-likeness (QED) is 0.111. The smallest absolute Gasteiger partial charge is 0.425 e. The third kappa shape index (κ3) is 7.45. The molecule has 3 amide bonds. The van der Waals surface area contributed by atoms with E-state index in [0.29, 0.717) is 18.1 Å². The summed E-state index contributed by atoms with van der Waals surface area (Å²) in [5.41, 5.74) is 9.84. The number of amides is 3. The number of oxime groups is 1. The molecule has 1 aromatic heterocycles. The van der Waals surface area contributed by atoms with Gasteiger partial charge >= 0.3 is 6.18 Å². The van der Waals surface area contributed by atoms with E-state index >= 15 is 0 Å². The Morgan fingerprint density at radius 2 is 2.05 bits per heavy atom. The first-order chi connectivity index (χ1) is 18.1. The van der Waals surface area contributed by atoms with Crippen molar-refractivity contribution in [1.82, 2.24) is 19.6 Å². The maximum absolute atomic E-state index is 12.9. The second-order valence-corrected chi connectivity index (χ2v) is 10.8. The van der Waals surface area contributed by atoms with Crippen LogP contribution in [0.3, 0.4) is 0 Å². The SMILES string of the molecule is C[N+](C)(C/C=C/C1=C(C(=O)[O-])N2C(=O)[C@@H](NC(=O)/C(=N\OCC(F)(F)F)c3nsc(N)n3)[C@@H]2SC1)CC(N)=O. The zero-order chi connectivity index (χ0) is 29.1. The summed E-state index contributed by atoms with van der Waals surface area (Å²) < 4.78 is 41.3. The van der Waals surface area contributed by atoms with Crippen molar-refractivity contribution in [2.75, 3.05) is 45.3 Å². The van der Waals surface area contributed by atoms with Gasteiger partial charge in [0.2, 0.25) is 18.1 Å². The summed E-state index contributed by atoms with van der Waals surface area (Å²) in [5.74, 6) is -4.34. The van der Waals surface area contributed by atoms with Crippen LogP contribution in [0.5, 0.6) is 0 Å². The van der Waals surface area contributed by atoms with Crippen molar-refractivity contribution in [3.8, 4) is 0 Å². The van der Waals surface area contributed by atoms with Crippen LogP contribution in [0.15, 0.2) is 28.6 Å². The van der Waals surface area contributed by atoms with Gasteiger partial charge in [-0.25, -0.2) is 0 Å². The first-order valence-electron chi connectivity index (χ1n) is 10.9. The fourth-order valence-electron chi connectivity index (χ4n) is 3.62. The van der Waals surface area contributed by atoms with E-state index in [1.165, 1.54) is 6.08 Å². The topological polar surface area (TPSA) is 206 Å². The molecule has 3 heterocycles. The van der Waals surface area contributed by atoms with Crippen LogP contribution in [-0.2, 0) is 24.0 Å². The Morgan fingerprint density at radius 1 is 1.36 bits per heavy atom. The van der Waals surface area contributed by atoms with Crippen LogP contribution in [-0.4, -0.2) is 105 Å². The van der Waals surface area contributed by atoms with E-state index in [4.69, 9.17) is 11.5 Å². The lowest BCUT2D eigenvalue weighted by Gasteiger charge is -2.50. The molecule has 2 atom stereocenters.